The largest absolute Gasteiger partial charge is 0.385 e. The van der Waals surface area contributed by atoms with Gasteiger partial charge in [0.25, 0.3) is 11.8 Å². The van der Waals surface area contributed by atoms with Gasteiger partial charge in [-0.3, -0.25) is 20.3 Å². The van der Waals surface area contributed by atoms with Gasteiger partial charge in [0.15, 0.2) is 17.7 Å². The van der Waals surface area contributed by atoms with Crippen molar-refractivity contribution in [1.29, 1.82) is 0 Å². The zero-order valence-corrected chi connectivity index (χ0v) is 22.6. The smallest absolute Gasteiger partial charge is 0.343 e. The van der Waals surface area contributed by atoms with Crippen molar-refractivity contribution in [1.82, 2.24) is 30.6 Å². The molecule has 5 atom stereocenters. The predicted octanol–water partition coefficient (Wildman–Crippen LogP) is -3.03. The van der Waals surface area contributed by atoms with E-state index in [-0.39, 0.29) is 42.5 Å². The van der Waals surface area contributed by atoms with Crippen LogP contribution in [0.3, 0.4) is 0 Å². The number of nitrogens with two attached hydrogens (primary N) is 2. The summed E-state index contributed by atoms with van der Waals surface area (Å²) in [5.74, 6) is -0.0976. The first-order valence-corrected chi connectivity index (χ1v) is 13.6. The van der Waals surface area contributed by atoms with Crippen LogP contribution in [0.2, 0.25) is 0 Å². The lowest BCUT2D eigenvalue weighted by Crippen LogP contribution is -2.88. The molecular formula is C27H35N10O3+. The maximum Gasteiger partial charge on any atom is 0.343 e. The van der Waals surface area contributed by atoms with Gasteiger partial charge in [0, 0.05) is 25.7 Å². The molecule has 0 radical (unpaired) electrons. The lowest BCUT2D eigenvalue weighted by atomic mass is 9.87. The molecule has 4 aliphatic rings. The highest BCUT2D eigenvalue weighted by Gasteiger charge is 2.68. The average molecular weight is 548 g/mol. The van der Waals surface area contributed by atoms with Crippen molar-refractivity contribution >= 4 is 23.7 Å². The van der Waals surface area contributed by atoms with Crippen molar-refractivity contribution in [3.63, 3.8) is 0 Å². The third kappa shape index (κ3) is 4.12. The van der Waals surface area contributed by atoms with E-state index >= 15 is 0 Å². The number of hydrogen-bond donors (Lipinski definition) is 6. The fourth-order valence-corrected chi connectivity index (χ4v) is 6.58. The number of nitrogens with one attached hydrogen (secondary N) is 3. The van der Waals surface area contributed by atoms with Gasteiger partial charge in [-0.15, -0.1) is 5.10 Å². The summed E-state index contributed by atoms with van der Waals surface area (Å²) < 4.78 is 0. The molecule has 1 aromatic carbocycles. The molecule has 3 aliphatic heterocycles. The Hall–Kier alpha value is -4.26. The molecule has 1 spiro atoms. The average Bonchev–Trinajstić information content (AvgIpc) is 3.44. The van der Waals surface area contributed by atoms with Gasteiger partial charge in [-0.1, -0.05) is 12.1 Å². The number of likely N-dealkylation sites (N-methyl/N-ethyl adjacent to an activating group) is 1. The van der Waals surface area contributed by atoms with E-state index in [1.165, 1.54) is 10.5 Å². The molecule has 0 saturated carbocycles. The van der Waals surface area contributed by atoms with Gasteiger partial charge in [-0.25, -0.2) is 10.3 Å². The van der Waals surface area contributed by atoms with E-state index in [1.54, 1.807) is 31.0 Å². The zero-order valence-electron chi connectivity index (χ0n) is 22.6. The minimum Gasteiger partial charge on any atom is -0.385 e. The molecule has 4 heterocycles. The van der Waals surface area contributed by atoms with Gasteiger partial charge < -0.3 is 26.0 Å². The Labute approximate surface area is 231 Å². The van der Waals surface area contributed by atoms with Gasteiger partial charge in [0.1, 0.15) is 12.1 Å². The van der Waals surface area contributed by atoms with Crippen LogP contribution in [0.5, 0.6) is 0 Å². The number of benzene rings is 1. The predicted molar refractivity (Wildman–Crippen MR) is 146 cm³/mol. The number of hydrogen-bond acceptors (Lipinski definition) is 10. The molecule has 2 aromatic rings. The van der Waals surface area contributed by atoms with E-state index in [1.807, 2.05) is 12.1 Å². The second kappa shape index (κ2) is 9.73. The number of carbonyl (C=O) groups is 2. The minimum absolute atomic E-state index is 0.178. The van der Waals surface area contributed by atoms with Crippen molar-refractivity contribution < 1.29 is 19.7 Å². The van der Waals surface area contributed by atoms with Crippen LogP contribution in [-0.2, 0) is 12.8 Å². The summed E-state index contributed by atoms with van der Waals surface area (Å²) in [5, 5.41) is 26.0. The molecule has 1 saturated heterocycles. The maximum absolute atomic E-state index is 13.5. The van der Waals surface area contributed by atoms with Crippen molar-refractivity contribution in [2.45, 2.75) is 62.5 Å². The second-order valence-corrected chi connectivity index (χ2v) is 11.1. The highest BCUT2D eigenvalue weighted by atomic mass is 16.3. The van der Waals surface area contributed by atoms with Gasteiger partial charge in [0.05, 0.1) is 11.7 Å². The Kier molecular flexibility index (Phi) is 6.32. The summed E-state index contributed by atoms with van der Waals surface area (Å²) in [7, 11) is 1.65. The van der Waals surface area contributed by atoms with E-state index < -0.39 is 29.9 Å². The van der Waals surface area contributed by atoms with Gasteiger partial charge >= 0.3 is 5.96 Å². The molecule has 40 heavy (non-hydrogen) atoms. The number of aliphatic hydroxyl groups is 1. The number of aromatic nitrogens is 2. The molecule has 13 heteroatoms. The van der Waals surface area contributed by atoms with E-state index in [2.05, 4.69) is 36.9 Å². The van der Waals surface area contributed by atoms with Crippen LogP contribution in [0.4, 0.5) is 0 Å². The third-order valence-corrected chi connectivity index (χ3v) is 8.52. The Morgan fingerprint density at radius 2 is 2.02 bits per heavy atom. The third-order valence-electron chi connectivity index (χ3n) is 8.52. The number of carbonyl (C=O) groups excluding carboxylic acids is 2. The summed E-state index contributed by atoms with van der Waals surface area (Å²) in [5.41, 5.74) is 15.4. The van der Waals surface area contributed by atoms with Crippen molar-refractivity contribution in [2.24, 2.45) is 16.5 Å². The van der Waals surface area contributed by atoms with E-state index in [0.717, 1.165) is 31.2 Å². The lowest BCUT2D eigenvalue weighted by molar-refractivity contribution is -0.514. The molecule has 2 amide bonds. The van der Waals surface area contributed by atoms with Crippen LogP contribution in [0.25, 0.3) is 0 Å². The van der Waals surface area contributed by atoms with Crippen molar-refractivity contribution in [2.75, 3.05) is 20.1 Å². The topological polar surface area (TPSA) is 189 Å². The Morgan fingerprint density at radius 3 is 2.80 bits per heavy atom. The molecule has 210 valence electrons. The molecule has 6 rings (SSSR count). The number of nitrogens with zero attached hydrogens (tertiary/aromatic N) is 5. The van der Waals surface area contributed by atoms with Crippen LogP contribution in [0.1, 0.15) is 50.5 Å². The number of aliphatic imine (C=N–C) groups is 1. The number of aryl methyl sites for hydroxylation is 2. The van der Waals surface area contributed by atoms with Gasteiger partial charge in [-0.2, -0.15) is 5.10 Å². The molecule has 8 N–H and O–H groups in total. The summed E-state index contributed by atoms with van der Waals surface area (Å²) in [6, 6.07) is 7.44. The first-order chi connectivity index (χ1) is 19.2. The van der Waals surface area contributed by atoms with Crippen LogP contribution < -0.4 is 27.1 Å². The molecular weight excluding hydrogens is 512 g/mol. The van der Waals surface area contributed by atoms with Crippen molar-refractivity contribution in [3.8, 4) is 0 Å². The van der Waals surface area contributed by atoms with E-state index in [4.69, 9.17) is 11.5 Å². The molecule has 13 nitrogen and oxygen atoms in total. The maximum atomic E-state index is 13.5. The fourth-order valence-electron chi connectivity index (χ4n) is 6.58. The Bertz CT molecular complexity index is 1410. The molecule has 1 fully saturated rings. The number of fused-ring (bicyclic) bond motifs is 1. The first kappa shape index (κ1) is 26.0. The van der Waals surface area contributed by atoms with E-state index in [0.29, 0.717) is 11.3 Å². The second-order valence-electron chi connectivity index (χ2n) is 11.1. The lowest BCUT2D eigenvalue weighted by Gasteiger charge is -2.44. The molecule has 0 bridgehead atoms. The Morgan fingerprint density at radius 1 is 1.23 bits per heavy atom. The number of guanidine groups is 2. The highest BCUT2D eigenvalue weighted by Crippen LogP contribution is 2.36. The monoisotopic (exact) mass is 547 g/mol. The Balaban J connectivity index is 1.24. The van der Waals surface area contributed by atoms with Crippen LogP contribution in [0.15, 0.2) is 35.3 Å². The first-order valence-electron chi connectivity index (χ1n) is 13.6. The number of amides is 2. The SMILES string of the molecule is Cc1ccc(C(=O)N(C)C[C@@H]2N=C(N)N3CC(NC(=O)c4cccc5c4CCCC5)[C@@H](O)[C@@]34NC(N)=[NH+][C@@H]24)nn1. The summed E-state index contributed by atoms with van der Waals surface area (Å²) in [6.45, 7) is 2.21. The van der Waals surface area contributed by atoms with Crippen molar-refractivity contribution in [3.05, 3.63) is 58.4 Å². The van der Waals surface area contributed by atoms with Crippen LogP contribution >= 0.6 is 0 Å². The summed E-state index contributed by atoms with van der Waals surface area (Å²) in [4.78, 5) is 37.7. The number of aliphatic hydroxyl groups excluding tert-OH is 1. The molecule has 1 aliphatic carbocycles. The standard InChI is InChI=1S/C27H34N10O3/c1-14-10-11-18(35-34-14)24(40)36(2)12-19-21-27(33-25(28)32-21)22(38)20(13-37(27)26(29)31-19)30-23(39)17-9-5-7-15-6-3-4-8-16(15)17/h5,7,9-11,19-22,38H,3-4,6,8,12-13H2,1-2H3,(H2,29,31)(H,30,39)(H3,28,32,33)/p+1/t19-,20?,21-,22+,27-/m0/s1. The minimum atomic E-state index is -1.16. The fraction of sp³-hybridized carbons (Fsp3) is 0.481. The van der Waals surface area contributed by atoms with Crippen LogP contribution in [-0.4, -0.2) is 98.9 Å². The number of rotatable bonds is 5. The quantitative estimate of drug-likeness (QED) is 0.226. The van der Waals surface area contributed by atoms with Crippen LogP contribution in [0, 0.1) is 6.92 Å². The van der Waals surface area contributed by atoms with Gasteiger partial charge in [-0.05, 0) is 61.9 Å². The molecule has 1 unspecified atom stereocenters. The molecule has 1 aromatic heterocycles. The normalized spacial score (nSPS) is 28.4. The van der Waals surface area contributed by atoms with E-state index in [9.17, 15) is 14.7 Å². The van der Waals surface area contributed by atoms with Gasteiger partial charge in [0.2, 0.25) is 5.66 Å². The zero-order chi connectivity index (χ0) is 28.2. The highest BCUT2D eigenvalue weighted by molar-refractivity contribution is 5.96. The summed E-state index contributed by atoms with van der Waals surface area (Å²) >= 11 is 0. The summed E-state index contributed by atoms with van der Waals surface area (Å²) in [6.07, 6.45) is 2.91.